The van der Waals surface area contributed by atoms with Crippen LogP contribution in [0.3, 0.4) is 0 Å². The molecule has 3 heteroatoms. The number of rotatable bonds is 4. The van der Waals surface area contributed by atoms with Gasteiger partial charge in [0.2, 0.25) is 0 Å². The van der Waals surface area contributed by atoms with Crippen molar-refractivity contribution in [1.29, 1.82) is 0 Å². The zero-order chi connectivity index (χ0) is 12.3. The van der Waals surface area contributed by atoms with Gasteiger partial charge in [-0.25, -0.2) is 0 Å². The highest BCUT2D eigenvalue weighted by molar-refractivity contribution is 6.00. The molecule has 1 aromatic rings. The third kappa shape index (κ3) is 2.42. The van der Waals surface area contributed by atoms with Crippen LogP contribution in [0, 0.1) is 19.8 Å². The Kier molecular flexibility index (Phi) is 4.07. The predicted octanol–water partition coefficient (Wildman–Crippen LogP) is 2.09. The summed E-state index contributed by atoms with van der Waals surface area (Å²) in [5, 5.41) is 0. The zero-order valence-electron chi connectivity index (χ0n) is 10.3. The van der Waals surface area contributed by atoms with Crippen LogP contribution >= 0.6 is 0 Å². The number of ether oxygens (including phenoxy) is 1. The molecule has 0 heterocycles. The summed E-state index contributed by atoms with van der Waals surface area (Å²) in [4.78, 5) is 12.1. The van der Waals surface area contributed by atoms with Gasteiger partial charge in [0.1, 0.15) is 5.75 Å². The number of aryl methyl sites for hydroxylation is 2. The van der Waals surface area contributed by atoms with E-state index in [0.717, 1.165) is 11.1 Å². The van der Waals surface area contributed by atoms with Crippen molar-refractivity contribution < 1.29 is 9.53 Å². The molecule has 0 aliphatic carbocycles. The SMILES string of the molecule is COc1cc(C)c(C)cc1C(=O)C(C)CN. The molecule has 2 N–H and O–H groups in total. The van der Waals surface area contributed by atoms with Gasteiger partial charge in [-0.3, -0.25) is 4.79 Å². The molecule has 1 aromatic carbocycles. The maximum atomic E-state index is 12.1. The van der Waals surface area contributed by atoms with Crippen LogP contribution in [-0.2, 0) is 0 Å². The standard InChI is InChI=1S/C13H19NO2/c1-8-5-11(13(15)10(3)7-14)12(16-4)6-9(8)2/h5-6,10H,7,14H2,1-4H3. The number of methoxy groups -OCH3 is 1. The highest BCUT2D eigenvalue weighted by atomic mass is 16.5. The van der Waals surface area contributed by atoms with Crippen molar-refractivity contribution in [1.82, 2.24) is 0 Å². The third-order valence-electron chi connectivity index (χ3n) is 2.88. The van der Waals surface area contributed by atoms with Gasteiger partial charge in [0, 0.05) is 12.5 Å². The summed E-state index contributed by atoms with van der Waals surface area (Å²) in [5.74, 6) is 0.506. The van der Waals surface area contributed by atoms with E-state index >= 15 is 0 Å². The molecule has 0 saturated heterocycles. The van der Waals surface area contributed by atoms with Crippen LogP contribution in [0.25, 0.3) is 0 Å². The van der Waals surface area contributed by atoms with Crippen molar-refractivity contribution in [3.05, 3.63) is 28.8 Å². The lowest BCUT2D eigenvalue weighted by atomic mass is 9.95. The normalized spacial score (nSPS) is 12.3. The van der Waals surface area contributed by atoms with Crippen LogP contribution in [0.4, 0.5) is 0 Å². The zero-order valence-corrected chi connectivity index (χ0v) is 10.3. The molecule has 0 saturated carbocycles. The Morgan fingerprint density at radius 3 is 2.44 bits per heavy atom. The summed E-state index contributed by atoms with van der Waals surface area (Å²) in [6.45, 7) is 6.17. The summed E-state index contributed by atoms with van der Waals surface area (Å²) in [5.41, 5.74) is 8.35. The first kappa shape index (κ1) is 12.7. The second-order valence-electron chi connectivity index (χ2n) is 4.14. The number of nitrogens with two attached hydrogens (primary N) is 1. The fraction of sp³-hybridized carbons (Fsp3) is 0.462. The molecule has 3 nitrogen and oxygen atoms in total. The van der Waals surface area contributed by atoms with Crippen molar-refractivity contribution >= 4 is 5.78 Å². The van der Waals surface area contributed by atoms with Gasteiger partial charge in [-0.15, -0.1) is 0 Å². The molecule has 0 radical (unpaired) electrons. The van der Waals surface area contributed by atoms with Crippen molar-refractivity contribution in [2.75, 3.05) is 13.7 Å². The number of carbonyl (C=O) groups excluding carboxylic acids is 1. The summed E-state index contributed by atoms with van der Waals surface area (Å²) in [6, 6.07) is 3.77. The van der Waals surface area contributed by atoms with Crippen LogP contribution in [0.5, 0.6) is 5.75 Å². The van der Waals surface area contributed by atoms with Crippen molar-refractivity contribution in [2.45, 2.75) is 20.8 Å². The van der Waals surface area contributed by atoms with Crippen molar-refractivity contribution in [3.8, 4) is 5.75 Å². The Bertz CT molecular complexity index is 399. The highest BCUT2D eigenvalue weighted by Gasteiger charge is 2.18. The van der Waals surface area contributed by atoms with E-state index in [2.05, 4.69) is 0 Å². The summed E-state index contributed by atoms with van der Waals surface area (Å²) in [6.07, 6.45) is 0. The van der Waals surface area contributed by atoms with Gasteiger partial charge in [-0.2, -0.15) is 0 Å². The minimum atomic E-state index is -0.170. The van der Waals surface area contributed by atoms with Gasteiger partial charge in [-0.05, 0) is 37.1 Å². The molecule has 1 rings (SSSR count). The van der Waals surface area contributed by atoms with Gasteiger partial charge in [0.15, 0.2) is 5.78 Å². The minimum absolute atomic E-state index is 0.0439. The Hall–Kier alpha value is -1.35. The highest BCUT2D eigenvalue weighted by Crippen LogP contribution is 2.25. The number of carbonyl (C=O) groups is 1. The van der Waals surface area contributed by atoms with Crippen LogP contribution in [0.1, 0.15) is 28.4 Å². The molecular weight excluding hydrogens is 202 g/mol. The first-order chi connectivity index (χ1) is 7.51. The molecule has 0 bridgehead atoms. The topological polar surface area (TPSA) is 52.3 Å². The Morgan fingerprint density at radius 1 is 1.38 bits per heavy atom. The average Bonchev–Trinajstić information content (AvgIpc) is 2.30. The summed E-state index contributed by atoms with van der Waals surface area (Å²) in [7, 11) is 1.58. The predicted molar refractivity (Wildman–Crippen MR) is 65.0 cm³/mol. The van der Waals surface area contributed by atoms with Crippen LogP contribution < -0.4 is 10.5 Å². The number of benzene rings is 1. The molecule has 0 fully saturated rings. The molecule has 0 aromatic heterocycles. The Morgan fingerprint density at radius 2 is 1.94 bits per heavy atom. The third-order valence-corrected chi connectivity index (χ3v) is 2.88. The number of ketones is 1. The van der Waals surface area contributed by atoms with E-state index < -0.39 is 0 Å². The number of hydrogen-bond donors (Lipinski definition) is 1. The molecule has 0 aliphatic heterocycles. The van der Waals surface area contributed by atoms with E-state index in [-0.39, 0.29) is 11.7 Å². The quantitative estimate of drug-likeness (QED) is 0.792. The van der Waals surface area contributed by atoms with E-state index in [1.165, 1.54) is 0 Å². The largest absolute Gasteiger partial charge is 0.496 e. The first-order valence-electron chi connectivity index (χ1n) is 5.40. The van der Waals surface area contributed by atoms with Gasteiger partial charge in [-0.1, -0.05) is 6.92 Å². The van der Waals surface area contributed by atoms with Crippen LogP contribution in [-0.4, -0.2) is 19.4 Å². The van der Waals surface area contributed by atoms with Crippen molar-refractivity contribution in [2.24, 2.45) is 11.7 Å². The molecule has 1 unspecified atom stereocenters. The maximum Gasteiger partial charge on any atom is 0.170 e. The fourth-order valence-electron chi connectivity index (χ4n) is 1.52. The molecule has 0 aliphatic rings. The Labute approximate surface area is 96.6 Å². The van der Waals surface area contributed by atoms with E-state index in [4.69, 9.17) is 10.5 Å². The molecule has 0 spiro atoms. The average molecular weight is 221 g/mol. The lowest BCUT2D eigenvalue weighted by Crippen LogP contribution is -2.21. The Balaban J connectivity index is 3.21. The van der Waals surface area contributed by atoms with Gasteiger partial charge in [0.25, 0.3) is 0 Å². The van der Waals surface area contributed by atoms with Crippen LogP contribution in [0.2, 0.25) is 0 Å². The van der Waals surface area contributed by atoms with Gasteiger partial charge < -0.3 is 10.5 Å². The van der Waals surface area contributed by atoms with Crippen molar-refractivity contribution in [3.63, 3.8) is 0 Å². The van der Waals surface area contributed by atoms with E-state index in [9.17, 15) is 4.79 Å². The monoisotopic (exact) mass is 221 g/mol. The van der Waals surface area contributed by atoms with Crippen LogP contribution in [0.15, 0.2) is 12.1 Å². The summed E-state index contributed by atoms with van der Waals surface area (Å²) < 4.78 is 5.24. The maximum absolute atomic E-state index is 12.1. The first-order valence-corrected chi connectivity index (χ1v) is 5.40. The number of Topliss-reactive ketones (excluding diaryl/α,β-unsaturated/α-hetero) is 1. The van der Waals surface area contributed by atoms with Gasteiger partial charge >= 0.3 is 0 Å². The minimum Gasteiger partial charge on any atom is -0.496 e. The van der Waals surface area contributed by atoms with E-state index in [0.29, 0.717) is 17.9 Å². The summed E-state index contributed by atoms with van der Waals surface area (Å²) >= 11 is 0. The van der Waals surface area contributed by atoms with E-state index in [1.807, 2.05) is 32.9 Å². The lowest BCUT2D eigenvalue weighted by molar-refractivity contribution is 0.0931. The number of hydrogen-bond acceptors (Lipinski definition) is 3. The molecule has 88 valence electrons. The molecule has 1 atom stereocenters. The van der Waals surface area contributed by atoms with E-state index in [1.54, 1.807) is 7.11 Å². The smallest absolute Gasteiger partial charge is 0.170 e. The fourth-order valence-corrected chi connectivity index (χ4v) is 1.52. The lowest BCUT2D eigenvalue weighted by Gasteiger charge is -2.13. The second kappa shape index (κ2) is 5.12. The second-order valence-corrected chi connectivity index (χ2v) is 4.14. The molecule has 16 heavy (non-hydrogen) atoms. The van der Waals surface area contributed by atoms with Gasteiger partial charge in [0.05, 0.1) is 12.7 Å². The molecular formula is C13H19NO2. The molecule has 0 amide bonds.